The number of rotatable bonds is 10. The van der Waals surface area contributed by atoms with Crippen molar-refractivity contribution in [2.45, 2.75) is 38.6 Å². The molecule has 0 atom stereocenters. The highest BCUT2D eigenvalue weighted by Gasteiger charge is 2.07. The van der Waals surface area contributed by atoms with Crippen LogP contribution in [0, 0.1) is 0 Å². The highest BCUT2D eigenvalue weighted by Crippen LogP contribution is 2.23. The summed E-state index contributed by atoms with van der Waals surface area (Å²) in [5.41, 5.74) is 2.52. The minimum absolute atomic E-state index is 0.0156. The highest BCUT2D eigenvalue weighted by molar-refractivity contribution is 5.92. The van der Waals surface area contributed by atoms with Crippen LogP contribution in [0.5, 0.6) is 5.75 Å². The predicted molar refractivity (Wildman–Crippen MR) is 108 cm³/mol. The third-order valence-corrected chi connectivity index (χ3v) is 4.42. The zero-order valence-corrected chi connectivity index (χ0v) is 16.0. The molecule has 0 fully saturated rings. The van der Waals surface area contributed by atoms with Gasteiger partial charge in [0.25, 0.3) is 0 Å². The van der Waals surface area contributed by atoms with Crippen molar-refractivity contribution in [1.82, 2.24) is 20.0 Å². The van der Waals surface area contributed by atoms with E-state index in [2.05, 4.69) is 20.6 Å². The molecule has 2 aromatic heterocycles. The Bertz CT molecular complexity index is 879. The van der Waals surface area contributed by atoms with E-state index in [-0.39, 0.29) is 5.91 Å². The van der Waals surface area contributed by atoms with E-state index in [9.17, 15) is 4.79 Å². The fourth-order valence-corrected chi connectivity index (χ4v) is 2.93. The lowest BCUT2D eigenvalue weighted by Gasteiger charge is -2.09. The Morgan fingerprint density at radius 2 is 1.96 bits per heavy atom. The number of para-hydroxylation sites is 2. The van der Waals surface area contributed by atoms with E-state index >= 15 is 0 Å². The smallest absolute Gasteiger partial charge is 0.224 e. The lowest BCUT2D eigenvalue weighted by atomic mass is 10.1. The molecule has 0 saturated carbocycles. The summed E-state index contributed by atoms with van der Waals surface area (Å²) < 4.78 is 7.10. The molecule has 0 bridgehead atoms. The van der Waals surface area contributed by atoms with Crippen LogP contribution in [-0.2, 0) is 11.3 Å². The molecule has 2 heterocycles. The molecule has 28 heavy (non-hydrogen) atoms. The van der Waals surface area contributed by atoms with Gasteiger partial charge in [0.05, 0.1) is 19.0 Å². The van der Waals surface area contributed by atoms with E-state index in [1.807, 2.05) is 47.3 Å². The lowest BCUT2D eigenvalue weighted by Crippen LogP contribution is -2.11. The van der Waals surface area contributed by atoms with Gasteiger partial charge in [0.1, 0.15) is 11.4 Å². The second-order valence-corrected chi connectivity index (χ2v) is 6.52. The van der Waals surface area contributed by atoms with Crippen molar-refractivity contribution < 1.29 is 9.53 Å². The van der Waals surface area contributed by atoms with E-state index in [0.29, 0.717) is 17.9 Å². The summed E-state index contributed by atoms with van der Waals surface area (Å²) in [5, 5.41) is 11.3. The third kappa shape index (κ3) is 5.64. The maximum absolute atomic E-state index is 12.1. The number of unbranched alkanes of at least 4 members (excludes halogenated alkanes) is 3. The Hall–Kier alpha value is -3.22. The van der Waals surface area contributed by atoms with Gasteiger partial charge >= 0.3 is 0 Å². The molecule has 0 spiro atoms. The quantitative estimate of drug-likeness (QED) is 0.540. The number of aryl methyl sites for hydroxylation is 1. The van der Waals surface area contributed by atoms with Crippen LogP contribution in [0.2, 0.25) is 0 Å². The number of pyridine rings is 1. The molecule has 7 nitrogen and oxygen atoms in total. The van der Waals surface area contributed by atoms with Gasteiger partial charge in [-0.3, -0.25) is 14.5 Å². The number of anilines is 1. The van der Waals surface area contributed by atoms with Crippen LogP contribution < -0.4 is 10.1 Å². The first kappa shape index (κ1) is 19.5. The van der Waals surface area contributed by atoms with Gasteiger partial charge in [0.2, 0.25) is 5.91 Å². The number of hydrogen-bond donors (Lipinski definition) is 1. The molecule has 0 saturated heterocycles. The first-order valence-electron chi connectivity index (χ1n) is 9.49. The first-order valence-corrected chi connectivity index (χ1v) is 9.49. The van der Waals surface area contributed by atoms with Crippen molar-refractivity contribution in [3.8, 4) is 17.0 Å². The van der Waals surface area contributed by atoms with Gasteiger partial charge in [0, 0.05) is 30.9 Å². The molecule has 0 unspecified atom stereocenters. The number of amides is 1. The van der Waals surface area contributed by atoms with Gasteiger partial charge in [-0.25, -0.2) is 0 Å². The molecule has 3 rings (SSSR count). The van der Waals surface area contributed by atoms with Gasteiger partial charge < -0.3 is 10.1 Å². The molecule has 1 aromatic carbocycles. The average molecular weight is 379 g/mol. The lowest BCUT2D eigenvalue weighted by molar-refractivity contribution is -0.116. The standard InChI is InChI=1S/C21H25N5O2/c1-28-20-11-6-5-10-18(20)23-21(27)12-4-2-3-7-14-26-16-19(24-25-26)17-9-8-13-22-15-17/h5-6,8-11,13,15-16H,2-4,7,12,14H2,1H3,(H,23,27). The predicted octanol–water partition coefficient (Wildman–Crippen LogP) is 3.94. The molecule has 7 heteroatoms. The van der Waals surface area contributed by atoms with Crippen LogP contribution in [-0.4, -0.2) is 33.0 Å². The number of benzene rings is 1. The van der Waals surface area contributed by atoms with Gasteiger partial charge in [-0.1, -0.05) is 30.2 Å². The maximum Gasteiger partial charge on any atom is 0.224 e. The fraction of sp³-hybridized carbons (Fsp3) is 0.333. The van der Waals surface area contributed by atoms with E-state index in [1.54, 1.807) is 19.5 Å². The van der Waals surface area contributed by atoms with Gasteiger partial charge in [0.15, 0.2) is 0 Å². The number of carbonyl (C=O) groups excluding carboxylic acids is 1. The largest absolute Gasteiger partial charge is 0.495 e. The minimum atomic E-state index is 0.0156. The number of aromatic nitrogens is 4. The monoisotopic (exact) mass is 379 g/mol. The SMILES string of the molecule is COc1ccccc1NC(=O)CCCCCCn1cc(-c2cccnc2)nn1. The molecule has 146 valence electrons. The molecule has 0 aliphatic rings. The molecule has 1 N–H and O–H groups in total. The zero-order valence-electron chi connectivity index (χ0n) is 16.0. The summed E-state index contributed by atoms with van der Waals surface area (Å²) in [6, 6.07) is 11.3. The van der Waals surface area contributed by atoms with E-state index in [0.717, 1.165) is 43.5 Å². The Labute approximate surface area is 164 Å². The zero-order chi connectivity index (χ0) is 19.6. The van der Waals surface area contributed by atoms with Gasteiger partial charge in [-0.15, -0.1) is 5.10 Å². The van der Waals surface area contributed by atoms with Crippen molar-refractivity contribution in [3.05, 3.63) is 55.0 Å². The minimum Gasteiger partial charge on any atom is -0.495 e. The average Bonchev–Trinajstić information content (AvgIpc) is 3.20. The highest BCUT2D eigenvalue weighted by atomic mass is 16.5. The molecular formula is C21H25N5O2. The number of nitrogens with zero attached hydrogens (tertiary/aromatic N) is 4. The Morgan fingerprint density at radius 1 is 1.11 bits per heavy atom. The van der Waals surface area contributed by atoms with E-state index < -0.39 is 0 Å². The third-order valence-electron chi connectivity index (χ3n) is 4.42. The van der Waals surface area contributed by atoms with Gasteiger partial charge in [-0.05, 0) is 37.1 Å². The van der Waals surface area contributed by atoms with Crippen LogP contribution in [0.1, 0.15) is 32.1 Å². The summed E-state index contributed by atoms with van der Waals surface area (Å²) >= 11 is 0. The van der Waals surface area contributed by atoms with Crippen LogP contribution in [0.3, 0.4) is 0 Å². The first-order chi connectivity index (χ1) is 13.8. The Balaban J connectivity index is 1.32. The molecule has 3 aromatic rings. The summed E-state index contributed by atoms with van der Waals surface area (Å²) in [7, 11) is 1.60. The topological polar surface area (TPSA) is 81.9 Å². The number of methoxy groups -OCH3 is 1. The molecule has 1 amide bonds. The van der Waals surface area contributed by atoms with E-state index in [4.69, 9.17) is 4.74 Å². The molecule has 0 aliphatic carbocycles. The van der Waals surface area contributed by atoms with Crippen molar-refractivity contribution in [3.63, 3.8) is 0 Å². The number of nitrogens with one attached hydrogen (secondary N) is 1. The fourth-order valence-electron chi connectivity index (χ4n) is 2.93. The van der Waals surface area contributed by atoms with E-state index in [1.165, 1.54) is 0 Å². The summed E-state index contributed by atoms with van der Waals surface area (Å²) in [4.78, 5) is 16.2. The molecule has 0 radical (unpaired) electrons. The second kappa shape index (κ2) is 10.2. The van der Waals surface area contributed by atoms with Crippen molar-refractivity contribution in [2.24, 2.45) is 0 Å². The maximum atomic E-state index is 12.1. The van der Waals surface area contributed by atoms with Crippen molar-refractivity contribution in [2.75, 3.05) is 12.4 Å². The van der Waals surface area contributed by atoms with Crippen LogP contribution in [0.15, 0.2) is 55.0 Å². The summed E-state index contributed by atoms with van der Waals surface area (Å²) in [6.45, 7) is 0.820. The van der Waals surface area contributed by atoms with Crippen LogP contribution >= 0.6 is 0 Å². The summed E-state index contributed by atoms with van der Waals surface area (Å²) in [6.07, 6.45) is 9.88. The Kier molecular flexibility index (Phi) is 7.12. The molecular weight excluding hydrogens is 354 g/mol. The second-order valence-electron chi connectivity index (χ2n) is 6.52. The number of hydrogen-bond acceptors (Lipinski definition) is 5. The van der Waals surface area contributed by atoms with Crippen molar-refractivity contribution >= 4 is 11.6 Å². The number of ether oxygens (including phenoxy) is 1. The van der Waals surface area contributed by atoms with Crippen molar-refractivity contribution in [1.29, 1.82) is 0 Å². The molecule has 0 aliphatic heterocycles. The Morgan fingerprint density at radius 3 is 2.79 bits per heavy atom. The summed E-state index contributed by atoms with van der Waals surface area (Å²) in [5.74, 6) is 0.691. The van der Waals surface area contributed by atoms with Crippen LogP contribution in [0.4, 0.5) is 5.69 Å². The van der Waals surface area contributed by atoms with Gasteiger partial charge in [-0.2, -0.15) is 0 Å². The normalized spacial score (nSPS) is 10.6. The number of carbonyl (C=O) groups is 1. The van der Waals surface area contributed by atoms with Crippen LogP contribution in [0.25, 0.3) is 11.3 Å².